The van der Waals surface area contributed by atoms with Crippen molar-refractivity contribution in [2.45, 2.75) is 32.2 Å². The van der Waals surface area contributed by atoms with Crippen LogP contribution in [0.1, 0.15) is 25.3 Å². The fourth-order valence-electron chi connectivity index (χ4n) is 2.34. The van der Waals surface area contributed by atoms with Gasteiger partial charge in [0.1, 0.15) is 6.04 Å². The Morgan fingerprint density at radius 3 is 2.76 bits per heavy atom. The van der Waals surface area contributed by atoms with Crippen molar-refractivity contribution < 1.29 is 19.4 Å². The van der Waals surface area contributed by atoms with Gasteiger partial charge in [-0.2, -0.15) is 0 Å². The quantitative estimate of drug-likeness (QED) is 0.782. The number of hydrogen-bond donors (Lipinski definition) is 2. The number of aromatic hydroxyl groups is 1. The van der Waals surface area contributed by atoms with Gasteiger partial charge in [-0.1, -0.05) is 19.4 Å². The number of phenols is 1. The van der Waals surface area contributed by atoms with Crippen LogP contribution in [0.3, 0.4) is 0 Å². The molecule has 1 unspecified atom stereocenters. The predicted octanol–water partition coefficient (Wildman–Crippen LogP) is 1.66. The molecule has 2 rings (SSSR count). The molecule has 6 nitrogen and oxygen atoms in total. The predicted molar refractivity (Wildman–Crippen MR) is 77.3 cm³/mol. The zero-order valence-electron chi connectivity index (χ0n) is 12.3. The van der Waals surface area contributed by atoms with Crippen molar-refractivity contribution in [2.24, 2.45) is 0 Å². The molecule has 0 saturated carbocycles. The summed E-state index contributed by atoms with van der Waals surface area (Å²) in [6.07, 6.45) is 2.08. The maximum atomic E-state index is 12.2. The summed E-state index contributed by atoms with van der Waals surface area (Å²) >= 11 is 0. The minimum Gasteiger partial charge on any atom is -0.504 e. The highest BCUT2D eigenvalue weighted by Crippen LogP contribution is 2.27. The number of ether oxygens (including phenoxy) is 1. The van der Waals surface area contributed by atoms with Gasteiger partial charge < -0.3 is 15.2 Å². The van der Waals surface area contributed by atoms with E-state index in [1.165, 1.54) is 12.0 Å². The fourth-order valence-corrected chi connectivity index (χ4v) is 2.34. The summed E-state index contributed by atoms with van der Waals surface area (Å²) in [4.78, 5) is 25.2. The molecule has 6 heteroatoms. The second-order valence-corrected chi connectivity index (χ2v) is 5.06. The molecular weight excluding hydrogens is 272 g/mol. The summed E-state index contributed by atoms with van der Waals surface area (Å²) in [5.41, 5.74) is 0.768. The van der Waals surface area contributed by atoms with Gasteiger partial charge in [0, 0.05) is 13.0 Å². The van der Waals surface area contributed by atoms with Crippen molar-refractivity contribution in [2.75, 3.05) is 13.7 Å². The van der Waals surface area contributed by atoms with Crippen molar-refractivity contribution >= 4 is 11.9 Å². The van der Waals surface area contributed by atoms with Crippen molar-refractivity contribution in [3.8, 4) is 11.5 Å². The van der Waals surface area contributed by atoms with Crippen LogP contribution in [-0.2, 0) is 11.2 Å². The van der Waals surface area contributed by atoms with E-state index in [1.807, 2.05) is 6.92 Å². The first-order chi connectivity index (χ1) is 10.1. The number of urea groups is 1. The lowest BCUT2D eigenvalue weighted by molar-refractivity contribution is -0.127. The average molecular weight is 292 g/mol. The Kier molecular flexibility index (Phi) is 4.67. The Bertz CT molecular complexity index is 544. The fraction of sp³-hybridized carbons (Fsp3) is 0.467. The van der Waals surface area contributed by atoms with E-state index >= 15 is 0 Å². The Balaban J connectivity index is 2.05. The number of rotatable bonds is 6. The third kappa shape index (κ3) is 3.26. The van der Waals surface area contributed by atoms with Crippen LogP contribution in [0.25, 0.3) is 0 Å². The van der Waals surface area contributed by atoms with E-state index in [9.17, 15) is 14.7 Å². The summed E-state index contributed by atoms with van der Waals surface area (Å²) in [7, 11) is 1.47. The maximum absolute atomic E-state index is 12.2. The molecule has 1 heterocycles. The zero-order chi connectivity index (χ0) is 15.4. The lowest BCUT2D eigenvalue weighted by Gasteiger charge is -2.12. The first-order valence-electron chi connectivity index (χ1n) is 7.04. The lowest BCUT2D eigenvalue weighted by atomic mass is 10.1. The molecule has 1 aromatic carbocycles. The zero-order valence-corrected chi connectivity index (χ0v) is 12.3. The Morgan fingerprint density at radius 2 is 2.14 bits per heavy atom. The molecule has 2 N–H and O–H groups in total. The SMILES string of the molecule is CCCCN1C(=O)NC(Cc2ccc(OC)c(O)c2)C1=O. The number of nitrogens with one attached hydrogen (secondary N) is 1. The van der Waals surface area contributed by atoms with E-state index in [-0.39, 0.29) is 17.7 Å². The van der Waals surface area contributed by atoms with Crippen LogP contribution in [0.4, 0.5) is 4.79 Å². The van der Waals surface area contributed by atoms with Crippen molar-refractivity contribution in [3.05, 3.63) is 23.8 Å². The molecule has 0 aromatic heterocycles. The molecular formula is C15H20N2O4. The molecule has 0 aliphatic carbocycles. The number of benzene rings is 1. The van der Waals surface area contributed by atoms with Gasteiger partial charge in [-0.15, -0.1) is 0 Å². The van der Waals surface area contributed by atoms with Gasteiger partial charge in [0.05, 0.1) is 7.11 Å². The molecule has 1 aliphatic heterocycles. The second-order valence-electron chi connectivity index (χ2n) is 5.06. The molecule has 114 valence electrons. The summed E-state index contributed by atoms with van der Waals surface area (Å²) in [5, 5.41) is 12.4. The minimum atomic E-state index is -0.567. The number of carbonyl (C=O) groups excluding carboxylic acids is 2. The first-order valence-corrected chi connectivity index (χ1v) is 7.04. The smallest absolute Gasteiger partial charge is 0.324 e. The van der Waals surface area contributed by atoms with E-state index < -0.39 is 6.04 Å². The highest BCUT2D eigenvalue weighted by molar-refractivity contribution is 6.04. The molecule has 0 radical (unpaired) electrons. The molecule has 1 fully saturated rings. The van der Waals surface area contributed by atoms with E-state index in [0.29, 0.717) is 18.7 Å². The van der Waals surface area contributed by atoms with Gasteiger partial charge in [-0.05, 0) is 24.1 Å². The minimum absolute atomic E-state index is 0.0228. The summed E-state index contributed by atoms with van der Waals surface area (Å²) in [6, 6.07) is 4.05. The number of unbranched alkanes of at least 4 members (excludes halogenated alkanes) is 1. The molecule has 3 amide bonds. The van der Waals surface area contributed by atoms with Crippen LogP contribution < -0.4 is 10.1 Å². The van der Waals surface area contributed by atoms with Gasteiger partial charge >= 0.3 is 6.03 Å². The van der Waals surface area contributed by atoms with Crippen molar-refractivity contribution in [3.63, 3.8) is 0 Å². The van der Waals surface area contributed by atoms with Crippen LogP contribution in [0.15, 0.2) is 18.2 Å². The standard InChI is InChI=1S/C15H20N2O4/c1-3-4-7-17-14(19)11(16-15(17)20)8-10-5-6-13(21-2)12(18)9-10/h5-6,9,11,18H,3-4,7-8H2,1-2H3,(H,16,20). The van der Waals surface area contributed by atoms with Crippen LogP contribution in [0.2, 0.25) is 0 Å². The lowest BCUT2D eigenvalue weighted by Crippen LogP contribution is -2.33. The number of methoxy groups -OCH3 is 1. The normalized spacial score (nSPS) is 18.0. The van der Waals surface area contributed by atoms with Crippen LogP contribution in [0.5, 0.6) is 11.5 Å². The van der Waals surface area contributed by atoms with Gasteiger partial charge in [0.25, 0.3) is 5.91 Å². The molecule has 21 heavy (non-hydrogen) atoms. The van der Waals surface area contributed by atoms with Crippen LogP contribution in [0, 0.1) is 0 Å². The van der Waals surface area contributed by atoms with Crippen molar-refractivity contribution in [1.82, 2.24) is 10.2 Å². The summed E-state index contributed by atoms with van der Waals surface area (Å²) < 4.78 is 4.97. The van der Waals surface area contributed by atoms with Gasteiger partial charge in [0.2, 0.25) is 0 Å². The third-order valence-corrected chi connectivity index (χ3v) is 3.53. The van der Waals surface area contributed by atoms with E-state index in [0.717, 1.165) is 18.4 Å². The summed E-state index contributed by atoms with van der Waals surface area (Å²) in [6.45, 7) is 2.46. The number of hydrogen-bond acceptors (Lipinski definition) is 4. The maximum Gasteiger partial charge on any atom is 0.324 e. The van der Waals surface area contributed by atoms with Crippen LogP contribution in [-0.4, -0.2) is 41.6 Å². The first kappa shape index (κ1) is 15.2. The highest BCUT2D eigenvalue weighted by atomic mass is 16.5. The molecule has 1 aromatic rings. The van der Waals surface area contributed by atoms with Gasteiger partial charge in [-0.25, -0.2) is 4.79 Å². The molecule has 1 aliphatic rings. The van der Waals surface area contributed by atoms with Gasteiger partial charge in [-0.3, -0.25) is 9.69 Å². The Labute approximate surface area is 123 Å². The monoisotopic (exact) mass is 292 g/mol. The number of nitrogens with zero attached hydrogens (tertiary/aromatic N) is 1. The van der Waals surface area contributed by atoms with Crippen molar-refractivity contribution in [1.29, 1.82) is 0 Å². The molecule has 0 spiro atoms. The highest BCUT2D eigenvalue weighted by Gasteiger charge is 2.37. The average Bonchev–Trinajstić information content (AvgIpc) is 2.72. The van der Waals surface area contributed by atoms with E-state index in [2.05, 4.69) is 5.32 Å². The van der Waals surface area contributed by atoms with E-state index in [4.69, 9.17) is 4.74 Å². The third-order valence-electron chi connectivity index (χ3n) is 3.53. The summed E-state index contributed by atoms with van der Waals surface area (Å²) in [5.74, 6) is 0.198. The van der Waals surface area contributed by atoms with E-state index in [1.54, 1.807) is 18.2 Å². The number of imide groups is 1. The number of amides is 3. The molecule has 1 saturated heterocycles. The van der Waals surface area contributed by atoms with Crippen LogP contribution >= 0.6 is 0 Å². The topological polar surface area (TPSA) is 78.9 Å². The molecule has 0 bridgehead atoms. The largest absolute Gasteiger partial charge is 0.504 e. The Morgan fingerprint density at radius 1 is 1.38 bits per heavy atom. The van der Waals surface area contributed by atoms with Gasteiger partial charge in [0.15, 0.2) is 11.5 Å². The molecule has 1 atom stereocenters. The Hall–Kier alpha value is -2.24. The second kappa shape index (κ2) is 6.47. The number of phenolic OH excluding ortho intramolecular Hbond substituents is 1. The number of carbonyl (C=O) groups is 2.